The Morgan fingerprint density at radius 2 is 1.82 bits per heavy atom. The van der Waals surface area contributed by atoms with Crippen LogP contribution in [-0.4, -0.2) is 70.6 Å². The Balaban J connectivity index is 1.64. The molecule has 0 unspecified atom stereocenters. The van der Waals surface area contributed by atoms with E-state index < -0.39 is 41.3 Å². The fourth-order valence-corrected chi connectivity index (χ4v) is 6.76. The van der Waals surface area contributed by atoms with E-state index in [1.54, 1.807) is 4.90 Å². The van der Waals surface area contributed by atoms with Gasteiger partial charge in [0.2, 0.25) is 17.7 Å². The Hall–Kier alpha value is -3.37. The van der Waals surface area contributed by atoms with Crippen molar-refractivity contribution < 1.29 is 28.3 Å². The number of aliphatic hydroxyl groups excluding tert-OH is 1. The van der Waals surface area contributed by atoms with Gasteiger partial charge in [-0.15, -0.1) is 0 Å². The molecule has 240 valence electrons. The van der Waals surface area contributed by atoms with Crippen molar-refractivity contribution in [2.45, 2.75) is 102 Å². The summed E-state index contributed by atoms with van der Waals surface area (Å²) in [6, 6.07) is 10.8. The molecule has 2 saturated heterocycles. The number of hydrogen-bond acceptors (Lipinski definition) is 5. The van der Waals surface area contributed by atoms with Crippen molar-refractivity contribution in [2.75, 3.05) is 13.1 Å². The normalized spacial score (nSPS) is 23.1. The fourth-order valence-electron chi connectivity index (χ4n) is 6.76. The predicted molar refractivity (Wildman–Crippen MR) is 165 cm³/mol. The third-order valence-corrected chi connectivity index (χ3v) is 9.35. The molecule has 0 bridgehead atoms. The summed E-state index contributed by atoms with van der Waals surface area (Å²) in [5.74, 6) is -2.69. The zero-order valence-electron chi connectivity index (χ0n) is 26.0. The fraction of sp³-hybridized carbons (Fsp3) is 0.559. The number of hydrogen-bond donors (Lipinski definition) is 4. The third kappa shape index (κ3) is 8.01. The monoisotopic (exact) mass is 612 g/mol. The quantitative estimate of drug-likeness (QED) is 0.276. The lowest BCUT2D eigenvalue weighted by Crippen LogP contribution is -2.61. The van der Waals surface area contributed by atoms with Gasteiger partial charge in [0.15, 0.2) is 0 Å². The molecule has 0 saturated carbocycles. The average molecular weight is 613 g/mol. The number of benzene rings is 2. The number of aryl methyl sites for hydroxylation is 1. The van der Waals surface area contributed by atoms with Gasteiger partial charge in [0.25, 0.3) is 0 Å². The second kappa shape index (κ2) is 15.1. The molecule has 2 fully saturated rings. The van der Waals surface area contributed by atoms with Gasteiger partial charge in [-0.1, -0.05) is 57.0 Å². The minimum absolute atomic E-state index is 0.00180. The zero-order chi connectivity index (χ0) is 31.9. The van der Waals surface area contributed by atoms with Crippen LogP contribution in [0, 0.1) is 17.6 Å². The molecule has 10 heteroatoms. The Morgan fingerprint density at radius 1 is 1.11 bits per heavy atom. The summed E-state index contributed by atoms with van der Waals surface area (Å²) in [5, 5.41) is 20.7. The van der Waals surface area contributed by atoms with E-state index in [9.17, 15) is 28.3 Å². The summed E-state index contributed by atoms with van der Waals surface area (Å²) in [4.78, 5) is 42.2. The molecule has 3 amide bonds. The Kier molecular flexibility index (Phi) is 11.5. The van der Waals surface area contributed by atoms with Crippen LogP contribution in [0.25, 0.3) is 0 Å². The molecule has 2 aliphatic heterocycles. The van der Waals surface area contributed by atoms with Crippen LogP contribution >= 0.6 is 0 Å². The molecule has 2 aromatic carbocycles. The van der Waals surface area contributed by atoms with Gasteiger partial charge in [-0.25, -0.2) is 8.78 Å². The van der Waals surface area contributed by atoms with E-state index in [1.165, 1.54) is 19.1 Å². The smallest absolute Gasteiger partial charge is 0.249 e. The van der Waals surface area contributed by atoms with Crippen molar-refractivity contribution in [3.63, 3.8) is 0 Å². The molecule has 2 aromatic rings. The number of nitrogens with one attached hydrogen (secondary N) is 3. The number of carbonyl (C=O) groups is 3. The van der Waals surface area contributed by atoms with Crippen molar-refractivity contribution in [2.24, 2.45) is 5.92 Å². The summed E-state index contributed by atoms with van der Waals surface area (Å²) in [5.41, 5.74) is 0.197. The molecule has 6 atom stereocenters. The molecule has 2 heterocycles. The molecule has 8 nitrogen and oxygen atoms in total. The first-order valence-corrected chi connectivity index (χ1v) is 15.8. The second-order valence-corrected chi connectivity index (χ2v) is 12.4. The molecule has 0 spiro atoms. The van der Waals surface area contributed by atoms with Gasteiger partial charge in [-0.2, -0.15) is 0 Å². The number of amides is 3. The van der Waals surface area contributed by atoms with E-state index in [0.717, 1.165) is 31.0 Å². The Morgan fingerprint density at radius 3 is 2.43 bits per heavy atom. The van der Waals surface area contributed by atoms with Gasteiger partial charge in [-0.05, 0) is 74.2 Å². The Bertz CT molecular complexity index is 1270. The molecular weight excluding hydrogens is 566 g/mol. The van der Waals surface area contributed by atoms with Crippen LogP contribution in [0.2, 0.25) is 0 Å². The van der Waals surface area contributed by atoms with Gasteiger partial charge in [-0.3, -0.25) is 14.4 Å². The van der Waals surface area contributed by atoms with Crippen LogP contribution in [0.15, 0.2) is 48.5 Å². The SMILES string of the molecule is CC[C@H](C)[C@@]1(NC(C)=O)CCN([C@@H](CCc2ccccc2)C(=O)N[C@@H](Cc2cc(F)cc(F)c2)[C@H](O)[C@H]2CCCCN2)C1=O. The van der Waals surface area contributed by atoms with Crippen molar-refractivity contribution in [1.82, 2.24) is 20.9 Å². The van der Waals surface area contributed by atoms with Crippen molar-refractivity contribution in [3.8, 4) is 0 Å². The minimum atomic E-state index is -1.12. The highest BCUT2D eigenvalue weighted by molar-refractivity contribution is 5.96. The number of likely N-dealkylation sites (tertiary alicyclic amines) is 1. The topological polar surface area (TPSA) is 111 Å². The van der Waals surface area contributed by atoms with E-state index in [1.807, 2.05) is 44.2 Å². The van der Waals surface area contributed by atoms with Gasteiger partial charge >= 0.3 is 0 Å². The standard InChI is InChI=1S/C34H46F2N4O4/c1-4-22(2)34(39-23(3)41)15-17-40(33(34)44)30(14-13-24-10-6-5-7-11-24)32(43)38-29(31(42)28-12-8-9-16-37-28)20-25-18-26(35)21-27(36)19-25/h5-7,10-11,18-19,21-22,28-31,37,42H,4,8-9,12-17,20H2,1-3H3,(H,38,43)(H,39,41)/t22-,28+,29-,30-,31+,34-/m0/s1. The van der Waals surface area contributed by atoms with Crippen LogP contribution in [-0.2, 0) is 27.2 Å². The van der Waals surface area contributed by atoms with E-state index in [-0.39, 0.29) is 36.7 Å². The van der Waals surface area contributed by atoms with Crippen molar-refractivity contribution in [3.05, 3.63) is 71.3 Å². The molecule has 44 heavy (non-hydrogen) atoms. The number of nitrogens with zero attached hydrogens (tertiary/aromatic N) is 1. The summed E-state index contributed by atoms with van der Waals surface area (Å²) >= 11 is 0. The van der Waals surface area contributed by atoms with Crippen LogP contribution in [0.5, 0.6) is 0 Å². The maximum atomic E-state index is 14.2. The maximum Gasteiger partial charge on any atom is 0.249 e. The minimum Gasteiger partial charge on any atom is -0.389 e. The highest BCUT2D eigenvalue weighted by Gasteiger charge is 2.53. The van der Waals surface area contributed by atoms with E-state index in [4.69, 9.17) is 0 Å². The van der Waals surface area contributed by atoms with Crippen LogP contribution < -0.4 is 16.0 Å². The predicted octanol–water partition coefficient (Wildman–Crippen LogP) is 3.65. The average Bonchev–Trinajstić information content (AvgIpc) is 3.32. The molecule has 2 aliphatic rings. The third-order valence-electron chi connectivity index (χ3n) is 9.35. The van der Waals surface area contributed by atoms with E-state index >= 15 is 0 Å². The number of rotatable bonds is 13. The molecule has 4 rings (SSSR count). The first-order valence-electron chi connectivity index (χ1n) is 15.8. The number of carbonyl (C=O) groups excluding carboxylic acids is 3. The summed E-state index contributed by atoms with van der Waals surface area (Å²) in [6.07, 6.45) is 3.41. The first kappa shape index (κ1) is 33.5. The summed E-state index contributed by atoms with van der Waals surface area (Å²) in [6.45, 7) is 6.28. The highest BCUT2D eigenvalue weighted by Crippen LogP contribution is 2.34. The largest absolute Gasteiger partial charge is 0.389 e. The summed E-state index contributed by atoms with van der Waals surface area (Å²) < 4.78 is 28.2. The highest BCUT2D eigenvalue weighted by atomic mass is 19.1. The number of aliphatic hydroxyl groups is 1. The molecule has 0 aromatic heterocycles. The Labute approximate surface area is 259 Å². The van der Waals surface area contributed by atoms with Crippen LogP contribution in [0.4, 0.5) is 8.78 Å². The van der Waals surface area contributed by atoms with Gasteiger partial charge in [0.1, 0.15) is 23.2 Å². The molecule has 0 aliphatic carbocycles. The van der Waals surface area contributed by atoms with Crippen LogP contribution in [0.1, 0.15) is 70.4 Å². The van der Waals surface area contributed by atoms with E-state index in [2.05, 4.69) is 16.0 Å². The van der Waals surface area contributed by atoms with Gasteiger partial charge in [0, 0.05) is 25.6 Å². The van der Waals surface area contributed by atoms with Crippen molar-refractivity contribution >= 4 is 17.7 Å². The van der Waals surface area contributed by atoms with Gasteiger partial charge in [0.05, 0.1) is 12.1 Å². The summed E-state index contributed by atoms with van der Waals surface area (Å²) in [7, 11) is 0. The van der Waals surface area contributed by atoms with Crippen LogP contribution in [0.3, 0.4) is 0 Å². The van der Waals surface area contributed by atoms with Gasteiger partial charge < -0.3 is 26.0 Å². The van der Waals surface area contributed by atoms with Crippen molar-refractivity contribution in [1.29, 1.82) is 0 Å². The maximum absolute atomic E-state index is 14.2. The zero-order valence-corrected chi connectivity index (χ0v) is 26.0. The lowest BCUT2D eigenvalue weighted by atomic mass is 9.81. The second-order valence-electron chi connectivity index (χ2n) is 12.4. The lowest BCUT2D eigenvalue weighted by molar-refractivity contribution is -0.144. The molecule has 0 radical (unpaired) electrons. The van der Waals surface area contributed by atoms with E-state index in [0.29, 0.717) is 37.7 Å². The number of halogens is 2. The molecule has 4 N–H and O–H groups in total. The number of piperidine rings is 1. The first-order chi connectivity index (χ1) is 21.0. The lowest BCUT2D eigenvalue weighted by Gasteiger charge is -2.37. The molecular formula is C34H46F2N4O4.